The predicted octanol–water partition coefficient (Wildman–Crippen LogP) is 2.83. The van der Waals surface area contributed by atoms with E-state index in [2.05, 4.69) is 6.58 Å². The van der Waals surface area contributed by atoms with Crippen molar-refractivity contribution in [2.24, 2.45) is 0 Å². The molecule has 0 saturated heterocycles. The van der Waals surface area contributed by atoms with E-state index >= 15 is 0 Å². The normalized spacial score (nSPS) is 9.92. The van der Waals surface area contributed by atoms with Crippen LogP contribution in [-0.2, 0) is 6.42 Å². The largest absolute Gasteiger partial charge is 0.207 e. The molecule has 0 aliphatic rings. The van der Waals surface area contributed by atoms with Gasteiger partial charge < -0.3 is 0 Å². The second-order valence-corrected chi connectivity index (χ2v) is 2.35. The Bertz CT molecular complexity index is 305. The van der Waals surface area contributed by atoms with Gasteiger partial charge in [0.25, 0.3) is 0 Å². The molecule has 3 heteroatoms. The minimum atomic E-state index is -1.16. The number of halogens is 3. The maximum absolute atomic E-state index is 12.8. The van der Waals surface area contributed by atoms with Crippen LogP contribution in [0.15, 0.2) is 24.8 Å². The van der Waals surface area contributed by atoms with E-state index < -0.39 is 17.5 Å². The van der Waals surface area contributed by atoms with Crippen LogP contribution >= 0.6 is 0 Å². The molecular formula is C9H7F3. The Morgan fingerprint density at radius 3 is 2.50 bits per heavy atom. The standard InChI is InChI=1S/C9H7F3/c1-2-3-6-4-7(10)5-8(11)9(6)12/h2,4-5H,1,3H2. The summed E-state index contributed by atoms with van der Waals surface area (Å²) in [6, 6.07) is 1.47. The summed E-state index contributed by atoms with van der Waals surface area (Å²) in [5.41, 5.74) is -0.0116. The molecule has 0 saturated carbocycles. The summed E-state index contributed by atoms with van der Waals surface area (Å²) in [6.07, 6.45) is 1.51. The third-order valence-electron chi connectivity index (χ3n) is 1.43. The summed E-state index contributed by atoms with van der Waals surface area (Å²) in [6.45, 7) is 3.34. The molecule has 0 nitrogen and oxygen atoms in total. The summed E-state index contributed by atoms with van der Waals surface area (Å²) < 4.78 is 37.8. The van der Waals surface area contributed by atoms with E-state index in [0.717, 1.165) is 6.07 Å². The van der Waals surface area contributed by atoms with Gasteiger partial charge in [-0.15, -0.1) is 6.58 Å². The first kappa shape index (κ1) is 8.84. The lowest BCUT2D eigenvalue weighted by Crippen LogP contribution is -1.94. The summed E-state index contributed by atoms with van der Waals surface area (Å²) >= 11 is 0. The Balaban J connectivity index is 3.17. The highest BCUT2D eigenvalue weighted by molar-refractivity contribution is 5.22. The van der Waals surface area contributed by atoms with Crippen LogP contribution < -0.4 is 0 Å². The molecule has 1 aromatic rings. The van der Waals surface area contributed by atoms with E-state index in [-0.39, 0.29) is 12.0 Å². The highest BCUT2D eigenvalue weighted by atomic mass is 19.2. The van der Waals surface area contributed by atoms with Crippen LogP contribution in [0.25, 0.3) is 0 Å². The van der Waals surface area contributed by atoms with Crippen molar-refractivity contribution < 1.29 is 13.2 Å². The van der Waals surface area contributed by atoms with Gasteiger partial charge in [-0.1, -0.05) is 6.08 Å². The topological polar surface area (TPSA) is 0 Å². The molecule has 0 unspecified atom stereocenters. The molecule has 0 amide bonds. The Morgan fingerprint density at radius 1 is 1.25 bits per heavy atom. The van der Waals surface area contributed by atoms with E-state index in [1.807, 2.05) is 0 Å². The van der Waals surface area contributed by atoms with Crippen molar-refractivity contribution >= 4 is 0 Å². The molecule has 0 aliphatic carbocycles. The van der Waals surface area contributed by atoms with Crippen molar-refractivity contribution in [2.45, 2.75) is 6.42 Å². The Kier molecular flexibility index (Phi) is 2.53. The summed E-state index contributed by atoms with van der Waals surface area (Å²) in [7, 11) is 0. The summed E-state index contributed by atoms with van der Waals surface area (Å²) in [5.74, 6) is -2.94. The molecule has 0 fully saturated rings. The minimum absolute atomic E-state index is 0.0116. The molecule has 0 heterocycles. The van der Waals surface area contributed by atoms with Gasteiger partial charge in [0.2, 0.25) is 0 Å². The molecule has 0 N–H and O–H groups in total. The van der Waals surface area contributed by atoms with Gasteiger partial charge >= 0.3 is 0 Å². The van der Waals surface area contributed by atoms with Crippen LogP contribution in [0.5, 0.6) is 0 Å². The van der Waals surface area contributed by atoms with Crippen LogP contribution in [0.2, 0.25) is 0 Å². The molecule has 0 atom stereocenters. The van der Waals surface area contributed by atoms with Gasteiger partial charge in [0.15, 0.2) is 11.6 Å². The fourth-order valence-corrected chi connectivity index (χ4v) is 0.913. The van der Waals surface area contributed by atoms with E-state index in [4.69, 9.17) is 0 Å². The lowest BCUT2D eigenvalue weighted by Gasteiger charge is -2.00. The molecule has 1 rings (SSSR count). The van der Waals surface area contributed by atoms with E-state index in [0.29, 0.717) is 6.07 Å². The average molecular weight is 172 g/mol. The molecule has 0 aliphatic heterocycles. The van der Waals surface area contributed by atoms with Crippen molar-refractivity contribution in [3.63, 3.8) is 0 Å². The van der Waals surface area contributed by atoms with Crippen LogP contribution in [0.1, 0.15) is 5.56 Å². The van der Waals surface area contributed by atoms with E-state index in [9.17, 15) is 13.2 Å². The zero-order valence-electron chi connectivity index (χ0n) is 6.28. The Morgan fingerprint density at radius 2 is 1.92 bits per heavy atom. The third kappa shape index (κ3) is 1.67. The second kappa shape index (κ2) is 3.43. The summed E-state index contributed by atoms with van der Waals surface area (Å²) in [5, 5.41) is 0. The zero-order valence-corrected chi connectivity index (χ0v) is 6.28. The lowest BCUT2D eigenvalue weighted by molar-refractivity contribution is 0.487. The quantitative estimate of drug-likeness (QED) is 0.475. The molecule has 1 aromatic carbocycles. The first-order valence-corrected chi connectivity index (χ1v) is 3.39. The van der Waals surface area contributed by atoms with Crippen LogP contribution in [-0.4, -0.2) is 0 Å². The highest BCUT2D eigenvalue weighted by Crippen LogP contribution is 2.14. The third-order valence-corrected chi connectivity index (χ3v) is 1.43. The first-order valence-electron chi connectivity index (χ1n) is 3.39. The zero-order chi connectivity index (χ0) is 9.14. The number of hydrogen-bond acceptors (Lipinski definition) is 0. The Labute approximate surface area is 68.3 Å². The molecule has 0 spiro atoms. The fraction of sp³-hybridized carbons (Fsp3) is 0.111. The highest BCUT2D eigenvalue weighted by Gasteiger charge is 2.08. The fourth-order valence-electron chi connectivity index (χ4n) is 0.913. The lowest BCUT2D eigenvalue weighted by atomic mass is 10.1. The van der Waals surface area contributed by atoms with Crippen LogP contribution in [0.4, 0.5) is 13.2 Å². The smallest absolute Gasteiger partial charge is 0.162 e. The van der Waals surface area contributed by atoms with Gasteiger partial charge in [0, 0.05) is 6.07 Å². The van der Waals surface area contributed by atoms with Gasteiger partial charge in [-0.2, -0.15) is 0 Å². The number of rotatable bonds is 2. The summed E-state index contributed by atoms with van der Waals surface area (Å²) in [4.78, 5) is 0. The maximum atomic E-state index is 12.8. The number of hydrogen-bond donors (Lipinski definition) is 0. The molecular weight excluding hydrogens is 165 g/mol. The van der Waals surface area contributed by atoms with Crippen molar-refractivity contribution in [3.05, 3.63) is 47.8 Å². The van der Waals surface area contributed by atoms with Crippen molar-refractivity contribution in [2.75, 3.05) is 0 Å². The van der Waals surface area contributed by atoms with Gasteiger partial charge in [-0.25, -0.2) is 13.2 Å². The van der Waals surface area contributed by atoms with Gasteiger partial charge in [-0.3, -0.25) is 0 Å². The van der Waals surface area contributed by atoms with Crippen LogP contribution in [0, 0.1) is 17.5 Å². The SMILES string of the molecule is C=CCc1cc(F)cc(F)c1F. The maximum Gasteiger partial charge on any atom is 0.162 e. The second-order valence-electron chi connectivity index (χ2n) is 2.35. The number of benzene rings is 1. The van der Waals surface area contributed by atoms with Crippen molar-refractivity contribution in [1.82, 2.24) is 0 Å². The number of allylic oxidation sites excluding steroid dienone is 1. The van der Waals surface area contributed by atoms with Crippen LogP contribution in [0.3, 0.4) is 0 Å². The van der Waals surface area contributed by atoms with Gasteiger partial charge in [-0.05, 0) is 18.1 Å². The van der Waals surface area contributed by atoms with E-state index in [1.54, 1.807) is 0 Å². The van der Waals surface area contributed by atoms with E-state index in [1.165, 1.54) is 6.08 Å². The van der Waals surface area contributed by atoms with Gasteiger partial charge in [0.05, 0.1) is 0 Å². The molecule has 12 heavy (non-hydrogen) atoms. The molecule has 0 aromatic heterocycles. The van der Waals surface area contributed by atoms with Crippen molar-refractivity contribution in [1.29, 1.82) is 0 Å². The Hall–Kier alpha value is -1.25. The average Bonchev–Trinajstić information content (AvgIpc) is 2.00. The minimum Gasteiger partial charge on any atom is -0.207 e. The molecule has 0 bridgehead atoms. The first-order chi connectivity index (χ1) is 5.65. The predicted molar refractivity (Wildman–Crippen MR) is 40.2 cm³/mol. The van der Waals surface area contributed by atoms with Crippen molar-refractivity contribution in [3.8, 4) is 0 Å². The monoisotopic (exact) mass is 172 g/mol. The molecule has 64 valence electrons. The van der Waals surface area contributed by atoms with Gasteiger partial charge in [0.1, 0.15) is 5.82 Å². The molecule has 0 radical (unpaired) electrons.